The molecule has 0 aliphatic rings. The van der Waals surface area contributed by atoms with E-state index in [4.69, 9.17) is 11.6 Å². The topological polar surface area (TPSA) is 66.5 Å². The van der Waals surface area contributed by atoms with Crippen LogP contribution in [0.25, 0.3) is 0 Å². The van der Waals surface area contributed by atoms with E-state index in [1.165, 1.54) is 0 Å². The van der Waals surface area contributed by atoms with Gasteiger partial charge in [-0.05, 0) is 54.7 Å². The Labute approximate surface area is 172 Å². The van der Waals surface area contributed by atoms with E-state index in [9.17, 15) is 13.2 Å². The van der Waals surface area contributed by atoms with Crippen LogP contribution in [-0.4, -0.2) is 26.6 Å². The molecule has 0 bridgehead atoms. The second-order valence-electron chi connectivity index (χ2n) is 7.14. The lowest BCUT2D eigenvalue weighted by Gasteiger charge is -2.30. The molecule has 2 rings (SSSR count). The number of sulfonamides is 1. The zero-order chi connectivity index (χ0) is 21.1. The summed E-state index contributed by atoms with van der Waals surface area (Å²) in [6.07, 6.45) is 1.43. The van der Waals surface area contributed by atoms with Crippen LogP contribution in [0.15, 0.2) is 42.5 Å². The zero-order valence-corrected chi connectivity index (χ0v) is 18.4. The summed E-state index contributed by atoms with van der Waals surface area (Å²) in [4.78, 5) is 13.2. The van der Waals surface area contributed by atoms with Gasteiger partial charge >= 0.3 is 0 Å². The van der Waals surface area contributed by atoms with Crippen molar-refractivity contribution in [1.29, 1.82) is 0 Å². The summed E-state index contributed by atoms with van der Waals surface area (Å²) in [5.41, 5.74) is 3.10. The summed E-state index contributed by atoms with van der Waals surface area (Å²) < 4.78 is 26.2. The lowest BCUT2D eigenvalue weighted by molar-refractivity contribution is -0.117. The highest BCUT2D eigenvalue weighted by Gasteiger charge is 2.32. The Bertz CT molecular complexity index is 941. The van der Waals surface area contributed by atoms with E-state index in [2.05, 4.69) is 19.2 Å². The lowest BCUT2D eigenvalue weighted by atomic mass is 9.98. The predicted molar refractivity (Wildman–Crippen MR) is 117 cm³/mol. The van der Waals surface area contributed by atoms with Gasteiger partial charge in [0.2, 0.25) is 15.9 Å². The number of carbonyl (C=O) groups excluding carboxylic acids is 1. The molecule has 0 radical (unpaired) electrons. The molecule has 1 amide bonds. The van der Waals surface area contributed by atoms with E-state index in [1.54, 1.807) is 31.2 Å². The first-order chi connectivity index (χ1) is 13.1. The molecule has 5 nitrogen and oxygen atoms in total. The van der Waals surface area contributed by atoms with Crippen molar-refractivity contribution in [3.63, 3.8) is 0 Å². The maximum absolute atomic E-state index is 13.2. The van der Waals surface area contributed by atoms with Crippen LogP contribution in [0.1, 0.15) is 44.2 Å². The van der Waals surface area contributed by atoms with Crippen molar-refractivity contribution >= 4 is 38.9 Å². The Morgan fingerprint density at radius 1 is 1.14 bits per heavy atom. The van der Waals surface area contributed by atoms with Crippen molar-refractivity contribution in [2.75, 3.05) is 15.9 Å². The number of nitrogens with one attached hydrogen (secondary N) is 1. The maximum Gasteiger partial charge on any atom is 0.248 e. The van der Waals surface area contributed by atoms with Crippen LogP contribution in [0, 0.1) is 6.92 Å². The van der Waals surface area contributed by atoms with E-state index in [1.807, 2.05) is 25.1 Å². The van der Waals surface area contributed by atoms with Crippen molar-refractivity contribution < 1.29 is 13.2 Å². The van der Waals surface area contributed by atoms with Gasteiger partial charge in [-0.3, -0.25) is 9.10 Å². The average molecular weight is 423 g/mol. The highest BCUT2D eigenvalue weighted by atomic mass is 35.5. The van der Waals surface area contributed by atoms with E-state index in [-0.39, 0.29) is 11.8 Å². The number of rotatable bonds is 7. The third-order valence-corrected chi connectivity index (χ3v) is 6.02. The fourth-order valence-electron chi connectivity index (χ4n) is 3.20. The largest absolute Gasteiger partial charge is 0.324 e. The molecule has 1 N–H and O–H groups in total. The molecular weight excluding hydrogens is 396 g/mol. The van der Waals surface area contributed by atoms with Gasteiger partial charge in [-0.25, -0.2) is 8.42 Å². The second kappa shape index (κ2) is 8.97. The highest BCUT2D eigenvalue weighted by Crippen LogP contribution is 2.29. The number of benzene rings is 2. The Morgan fingerprint density at radius 3 is 2.25 bits per heavy atom. The monoisotopic (exact) mass is 422 g/mol. The predicted octanol–water partition coefficient (Wildman–Crippen LogP) is 4.96. The first-order valence-corrected chi connectivity index (χ1v) is 11.4. The van der Waals surface area contributed by atoms with E-state index < -0.39 is 16.1 Å². The number of nitrogens with zero attached hydrogens (tertiary/aromatic N) is 1. The second-order valence-corrected chi connectivity index (χ2v) is 9.44. The molecule has 2 aromatic carbocycles. The normalized spacial score (nSPS) is 12.7. The fourth-order valence-corrected chi connectivity index (χ4v) is 4.53. The summed E-state index contributed by atoms with van der Waals surface area (Å²) in [6.45, 7) is 7.83. The van der Waals surface area contributed by atoms with Crippen molar-refractivity contribution in [2.45, 2.75) is 46.1 Å². The van der Waals surface area contributed by atoms with E-state index in [0.29, 0.717) is 17.1 Å². The fraction of sp³-hybridized carbons (Fsp3) is 0.381. The highest BCUT2D eigenvalue weighted by molar-refractivity contribution is 7.92. The smallest absolute Gasteiger partial charge is 0.248 e. The third-order valence-electron chi connectivity index (χ3n) is 4.59. The molecule has 152 valence electrons. The van der Waals surface area contributed by atoms with Crippen molar-refractivity contribution in [2.24, 2.45) is 0 Å². The zero-order valence-electron chi connectivity index (χ0n) is 16.9. The average Bonchev–Trinajstić information content (AvgIpc) is 2.61. The molecule has 0 aromatic heterocycles. The van der Waals surface area contributed by atoms with Crippen LogP contribution < -0.4 is 9.62 Å². The van der Waals surface area contributed by atoms with Crippen LogP contribution in [0.5, 0.6) is 0 Å². The van der Waals surface area contributed by atoms with Gasteiger partial charge in [0.1, 0.15) is 6.04 Å². The molecular formula is C21H27ClN2O3S. The summed E-state index contributed by atoms with van der Waals surface area (Å²) in [7, 11) is -3.69. The maximum atomic E-state index is 13.2. The molecule has 0 aliphatic carbocycles. The molecule has 0 aliphatic heterocycles. The van der Waals surface area contributed by atoms with Crippen molar-refractivity contribution in [1.82, 2.24) is 0 Å². The SMILES string of the molecule is CCC(C(=O)Nc1c(C)cccc1C(C)C)N(c1ccc(Cl)cc1)S(C)(=O)=O. The van der Waals surface area contributed by atoms with Gasteiger partial charge in [0.25, 0.3) is 0 Å². The number of anilines is 2. The summed E-state index contributed by atoms with van der Waals surface area (Å²) >= 11 is 5.93. The van der Waals surface area contributed by atoms with Gasteiger partial charge in [-0.2, -0.15) is 0 Å². The Hall–Kier alpha value is -2.05. The number of hydrogen-bond donors (Lipinski definition) is 1. The Kier molecular flexibility index (Phi) is 7.12. The van der Waals surface area contributed by atoms with Crippen LogP contribution in [0.3, 0.4) is 0 Å². The standard InChI is InChI=1S/C21H27ClN2O3S/c1-6-19(24(28(5,26)27)17-12-10-16(22)11-13-17)21(25)23-20-15(4)8-7-9-18(20)14(2)3/h7-14,19H,6H2,1-5H3,(H,23,25). The van der Waals surface area contributed by atoms with Crippen molar-refractivity contribution in [3.8, 4) is 0 Å². The molecule has 1 unspecified atom stereocenters. The minimum absolute atomic E-state index is 0.220. The van der Waals surface area contributed by atoms with Crippen LogP contribution in [0.4, 0.5) is 11.4 Å². The first-order valence-electron chi connectivity index (χ1n) is 9.21. The minimum atomic E-state index is -3.69. The van der Waals surface area contributed by atoms with E-state index in [0.717, 1.165) is 27.4 Å². The molecule has 0 spiro atoms. The van der Waals surface area contributed by atoms with Gasteiger partial charge in [-0.1, -0.05) is 50.6 Å². The number of amides is 1. The number of hydrogen-bond acceptors (Lipinski definition) is 3. The molecule has 0 heterocycles. The van der Waals surface area contributed by atoms with E-state index >= 15 is 0 Å². The minimum Gasteiger partial charge on any atom is -0.324 e. The lowest BCUT2D eigenvalue weighted by Crippen LogP contribution is -2.47. The van der Waals surface area contributed by atoms with Crippen molar-refractivity contribution in [3.05, 3.63) is 58.6 Å². The number of carbonyl (C=O) groups is 1. The number of halogens is 1. The molecule has 0 saturated carbocycles. The van der Waals surface area contributed by atoms with Crippen LogP contribution in [0.2, 0.25) is 5.02 Å². The molecule has 0 saturated heterocycles. The molecule has 2 aromatic rings. The van der Waals surface area contributed by atoms with Gasteiger partial charge in [0.05, 0.1) is 11.9 Å². The van der Waals surface area contributed by atoms with Gasteiger partial charge < -0.3 is 5.32 Å². The summed E-state index contributed by atoms with van der Waals surface area (Å²) in [6, 6.07) is 11.4. The molecule has 7 heteroatoms. The summed E-state index contributed by atoms with van der Waals surface area (Å²) in [5.74, 6) is -0.142. The molecule has 1 atom stereocenters. The Balaban J connectivity index is 2.45. The van der Waals surface area contributed by atoms with Gasteiger partial charge in [-0.15, -0.1) is 0 Å². The molecule has 0 fully saturated rings. The van der Waals surface area contributed by atoms with Gasteiger partial charge in [0, 0.05) is 10.7 Å². The number of aryl methyl sites for hydroxylation is 1. The van der Waals surface area contributed by atoms with Gasteiger partial charge in [0.15, 0.2) is 0 Å². The first kappa shape index (κ1) is 22.2. The quantitative estimate of drug-likeness (QED) is 0.686. The van der Waals surface area contributed by atoms with Crippen LogP contribution in [-0.2, 0) is 14.8 Å². The summed E-state index contributed by atoms with van der Waals surface area (Å²) in [5, 5.41) is 3.47. The Morgan fingerprint density at radius 2 is 1.75 bits per heavy atom. The molecule has 28 heavy (non-hydrogen) atoms. The third kappa shape index (κ3) is 5.06. The number of para-hydroxylation sites is 1. The van der Waals surface area contributed by atoms with Crippen LogP contribution >= 0.6 is 11.6 Å².